The van der Waals surface area contributed by atoms with Crippen LogP contribution in [-0.4, -0.2) is 16.0 Å². The number of nitrogens with one attached hydrogen (secondary N) is 1. The van der Waals surface area contributed by atoms with E-state index in [4.69, 9.17) is 0 Å². The van der Waals surface area contributed by atoms with E-state index in [1.807, 2.05) is 18.4 Å². The van der Waals surface area contributed by atoms with Gasteiger partial charge in [0.1, 0.15) is 0 Å². The van der Waals surface area contributed by atoms with E-state index < -0.39 is 0 Å². The van der Waals surface area contributed by atoms with Crippen molar-refractivity contribution < 1.29 is 9.90 Å². The number of thiophene rings is 1. The van der Waals surface area contributed by atoms with Gasteiger partial charge in [0, 0.05) is 11.8 Å². The van der Waals surface area contributed by atoms with Gasteiger partial charge in [0.15, 0.2) is 0 Å². The van der Waals surface area contributed by atoms with E-state index in [2.05, 4.69) is 10.3 Å². The number of amides is 1. The zero-order chi connectivity index (χ0) is 13.0. The van der Waals surface area contributed by atoms with Crippen molar-refractivity contribution in [2.75, 3.05) is 5.32 Å². The summed E-state index contributed by atoms with van der Waals surface area (Å²) >= 11 is 1.42. The van der Waals surface area contributed by atoms with Gasteiger partial charge in [-0.05, 0) is 29.5 Å². The monoisotopic (exact) mass is 262 g/mol. The SMILES string of the molecule is CCc1ccsc1C(=O)Nc1cnccc1CO. The number of carbonyl (C=O) groups is 1. The quantitative estimate of drug-likeness (QED) is 0.889. The van der Waals surface area contributed by atoms with Gasteiger partial charge in [-0.25, -0.2) is 0 Å². The van der Waals surface area contributed by atoms with Crippen molar-refractivity contribution in [3.8, 4) is 0 Å². The lowest BCUT2D eigenvalue weighted by Crippen LogP contribution is -2.13. The first-order chi connectivity index (χ1) is 8.76. The summed E-state index contributed by atoms with van der Waals surface area (Å²) in [5.74, 6) is -0.149. The van der Waals surface area contributed by atoms with Crippen molar-refractivity contribution in [1.82, 2.24) is 4.98 Å². The van der Waals surface area contributed by atoms with E-state index in [-0.39, 0.29) is 12.5 Å². The number of aliphatic hydroxyl groups is 1. The number of rotatable bonds is 4. The molecule has 2 rings (SSSR count). The van der Waals surface area contributed by atoms with Crippen LogP contribution in [0, 0.1) is 0 Å². The molecule has 0 radical (unpaired) electrons. The Bertz CT molecular complexity index is 551. The summed E-state index contributed by atoms with van der Waals surface area (Å²) in [6, 6.07) is 3.64. The Morgan fingerprint density at radius 3 is 3.00 bits per heavy atom. The van der Waals surface area contributed by atoms with Gasteiger partial charge < -0.3 is 10.4 Å². The summed E-state index contributed by atoms with van der Waals surface area (Å²) in [4.78, 5) is 16.8. The smallest absolute Gasteiger partial charge is 0.266 e. The first-order valence-corrected chi connectivity index (χ1v) is 6.55. The number of aromatic nitrogens is 1. The Kier molecular flexibility index (Phi) is 4.07. The minimum absolute atomic E-state index is 0.122. The molecule has 5 heteroatoms. The molecule has 2 aromatic rings. The third kappa shape index (κ3) is 2.57. The molecule has 0 aromatic carbocycles. The highest BCUT2D eigenvalue weighted by atomic mass is 32.1. The van der Waals surface area contributed by atoms with E-state index in [0.717, 1.165) is 12.0 Å². The third-order valence-electron chi connectivity index (χ3n) is 2.66. The Morgan fingerprint density at radius 2 is 2.28 bits per heavy atom. The minimum atomic E-state index is -0.149. The Hall–Kier alpha value is -1.72. The first kappa shape index (κ1) is 12.7. The van der Waals surface area contributed by atoms with Crippen LogP contribution in [0.2, 0.25) is 0 Å². The molecule has 2 heterocycles. The van der Waals surface area contributed by atoms with Crippen LogP contribution in [-0.2, 0) is 13.0 Å². The predicted octanol–water partition coefficient (Wildman–Crippen LogP) is 2.45. The van der Waals surface area contributed by atoms with Crippen LogP contribution in [0.15, 0.2) is 29.9 Å². The third-order valence-corrected chi connectivity index (χ3v) is 3.62. The summed E-state index contributed by atoms with van der Waals surface area (Å²) in [5.41, 5.74) is 2.25. The summed E-state index contributed by atoms with van der Waals surface area (Å²) in [5, 5.41) is 13.9. The van der Waals surface area contributed by atoms with Crippen LogP contribution in [0.1, 0.15) is 27.7 Å². The number of anilines is 1. The standard InChI is InChI=1S/C13H14N2O2S/c1-2-9-4-6-18-12(9)13(17)15-11-7-14-5-3-10(11)8-16/h3-7,16H,2,8H2,1H3,(H,15,17). The average molecular weight is 262 g/mol. The molecule has 0 aliphatic carbocycles. The van der Waals surface area contributed by atoms with Crippen LogP contribution in [0.3, 0.4) is 0 Å². The van der Waals surface area contributed by atoms with Gasteiger partial charge in [-0.1, -0.05) is 6.92 Å². The number of aryl methyl sites for hydroxylation is 1. The van der Waals surface area contributed by atoms with Crippen molar-refractivity contribution in [3.63, 3.8) is 0 Å². The Labute approximate surface area is 109 Å². The van der Waals surface area contributed by atoms with Gasteiger partial charge in [-0.15, -0.1) is 11.3 Å². The maximum Gasteiger partial charge on any atom is 0.266 e. The van der Waals surface area contributed by atoms with E-state index in [0.29, 0.717) is 16.1 Å². The molecule has 2 aromatic heterocycles. The lowest BCUT2D eigenvalue weighted by Gasteiger charge is -2.08. The molecule has 2 N–H and O–H groups in total. The fraction of sp³-hybridized carbons (Fsp3) is 0.231. The maximum atomic E-state index is 12.1. The second kappa shape index (κ2) is 5.75. The highest BCUT2D eigenvalue weighted by Crippen LogP contribution is 2.20. The molecule has 0 bridgehead atoms. The Balaban J connectivity index is 2.21. The number of carbonyl (C=O) groups excluding carboxylic acids is 1. The number of nitrogens with zero attached hydrogens (tertiary/aromatic N) is 1. The summed E-state index contributed by atoms with van der Waals surface area (Å²) < 4.78 is 0. The van der Waals surface area contributed by atoms with Crippen LogP contribution >= 0.6 is 11.3 Å². The van der Waals surface area contributed by atoms with Crippen molar-refractivity contribution >= 4 is 22.9 Å². The lowest BCUT2D eigenvalue weighted by molar-refractivity contribution is 0.102. The lowest BCUT2D eigenvalue weighted by atomic mass is 10.2. The topological polar surface area (TPSA) is 62.2 Å². The molecule has 0 saturated carbocycles. The van der Waals surface area contributed by atoms with Gasteiger partial charge in [0.25, 0.3) is 5.91 Å². The molecule has 0 fully saturated rings. The van der Waals surface area contributed by atoms with Crippen molar-refractivity contribution in [2.45, 2.75) is 20.0 Å². The van der Waals surface area contributed by atoms with Crippen LogP contribution in [0.4, 0.5) is 5.69 Å². The molecule has 0 atom stereocenters. The van der Waals surface area contributed by atoms with Gasteiger partial charge in [-0.3, -0.25) is 9.78 Å². The number of hydrogen-bond donors (Lipinski definition) is 2. The molecule has 4 nitrogen and oxygen atoms in total. The number of hydrogen-bond acceptors (Lipinski definition) is 4. The molecule has 0 unspecified atom stereocenters. The first-order valence-electron chi connectivity index (χ1n) is 5.67. The molecule has 18 heavy (non-hydrogen) atoms. The van der Waals surface area contributed by atoms with Gasteiger partial charge in [0.2, 0.25) is 0 Å². The molecule has 94 valence electrons. The summed E-state index contributed by atoms with van der Waals surface area (Å²) in [7, 11) is 0. The number of pyridine rings is 1. The zero-order valence-electron chi connectivity index (χ0n) is 10.0. The molecule has 0 aliphatic heterocycles. The molecular formula is C13H14N2O2S. The Morgan fingerprint density at radius 1 is 1.44 bits per heavy atom. The van der Waals surface area contributed by atoms with E-state index in [9.17, 15) is 9.90 Å². The van der Waals surface area contributed by atoms with Crippen LogP contribution in [0.5, 0.6) is 0 Å². The molecule has 1 amide bonds. The minimum Gasteiger partial charge on any atom is -0.392 e. The molecular weight excluding hydrogens is 248 g/mol. The maximum absolute atomic E-state index is 12.1. The van der Waals surface area contributed by atoms with Gasteiger partial charge >= 0.3 is 0 Å². The molecule has 0 aliphatic rings. The second-order valence-electron chi connectivity index (χ2n) is 3.77. The van der Waals surface area contributed by atoms with E-state index >= 15 is 0 Å². The van der Waals surface area contributed by atoms with E-state index in [1.165, 1.54) is 11.3 Å². The highest BCUT2D eigenvalue weighted by molar-refractivity contribution is 7.12. The summed E-state index contributed by atoms with van der Waals surface area (Å²) in [6.45, 7) is 1.89. The fourth-order valence-corrected chi connectivity index (χ4v) is 2.56. The predicted molar refractivity (Wildman–Crippen MR) is 71.8 cm³/mol. The number of aliphatic hydroxyl groups excluding tert-OH is 1. The van der Waals surface area contributed by atoms with Crippen LogP contribution in [0.25, 0.3) is 0 Å². The normalized spacial score (nSPS) is 10.3. The largest absolute Gasteiger partial charge is 0.392 e. The average Bonchev–Trinajstić information content (AvgIpc) is 2.87. The fourth-order valence-electron chi connectivity index (χ4n) is 1.67. The van der Waals surface area contributed by atoms with Gasteiger partial charge in [-0.2, -0.15) is 0 Å². The van der Waals surface area contributed by atoms with E-state index in [1.54, 1.807) is 18.5 Å². The second-order valence-corrected chi connectivity index (χ2v) is 4.69. The van der Waals surface area contributed by atoms with Crippen molar-refractivity contribution in [2.24, 2.45) is 0 Å². The van der Waals surface area contributed by atoms with Crippen molar-refractivity contribution in [3.05, 3.63) is 45.9 Å². The summed E-state index contributed by atoms with van der Waals surface area (Å²) in [6.07, 6.45) is 3.96. The molecule has 0 saturated heterocycles. The van der Waals surface area contributed by atoms with Crippen LogP contribution < -0.4 is 5.32 Å². The van der Waals surface area contributed by atoms with Crippen molar-refractivity contribution in [1.29, 1.82) is 0 Å². The zero-order valence-corrected chi connectivity index (χ0v) is 10.8. The van der Waals surface area contributed by atoms with Gasteiger partial charge in [0.05, 0.1) is 23.4 Å². The highest BCUT2D eigenvalue weighted by Gasteiger charge is 2.13. The molecule has 0 spiro atoms.